The SMILES string of the molecule is CCn1c(C)cc(C(=O)COC(=O)c2cccn2C)c1C. The predicted molar refractivity (Wildman–Crippen MR) is 79.6 cm³/mol. The van der Waals surface area contributed by atoms with E-state index in [4.69, 9.17) is 4.74 Å². The van der Waals surface area contributed by atoms with Gasteiger partial charge in [-0.2, -0.15) is 0 Å². The van der Waals surface area contributed by atoms with Crippen LogP contribution < -0.4 is 0 Å². The number of carbonyl (C=O) groups is 2. The van der Waals surface area contributed by atoms with E-state index in [1.54, 1.807) is 29.9 Å². The second kappa shape index (κ2) is 5.99. The van der Waals surface area contributed by atoms with Gasteiger partial charge in [-0.15, -0.1) is 0 Å². The lowest BCUT2D eigenvalue weighted by Crippen LogP contribution is -2.16. The molecule has 2 aromatic rings. The Hall–Kier alpha value is -2.30. The minimum Gasteiger partial charge on any atom is -0.453 e. The molecule has 2 aromatic heterocycles. The first-order valence-electron chi connectivity index (χ1n) is 6.94. The molecule has 2 heterocycles. The number of aryl methyl sites for hydroxylation is 2. The third-order valence-corrected chi connectivity index (χ3v) is 3.68. The van der Waals surface area contributed by atoms with E-state index in [2.05, 4.69) is 4.57 Å². The van der Waals surface area contributed by atoms with Crippen molar-refractivity contribution < 1.29 is 14.3 Å². The van der Waals surface area contributed by atoms with Crippen LogP contribution in [-0.4, -0.2) is 27.5 Å². The van der Waals surface area contributed by atoms with Gasteiger partial charge >= 0.3 is 5.97 Å². The molecule has 21 heavy (non-hydrogen) atoms. The van der Waals surface area contributed by atoms with Crippen LogP contribution in [0.5, 0.6) is 0 Å². The molecule has 0 unspecified atom stereocenters. The Labute approximate surface area is 124 Å². The molecule has 112 valence electrons. The smallest absolute Gasteiger partial charge is 0.355 e. The van der Waals surface area contributed by atoms with E-state index in [-0.39, 0.29) is 12.4 Å². The molecular formula is C16H20N2O3. The van der Waals surface area contributed by atoms with Crippen LogP contribution in [0.1, 0.15) is 39.2 Å². The molecule has 5 heteroatoms. The Balaban J connectivity index is 2.06. The molecule has 0 radical (unpaired) electrons. The summed E-state index contributed by atoms with van der Waals surface area (Å²) in [5.41, 5.74) is 3.00. The van der Waals surface area contributed by atoms with E-state index >= 15 is 0 Å². The molecule has 5 nitrogen and oxygen atoms in total. The summed E-state index contributed by atoms with van der Waals surface area (Å²) >= 11 is 0. The van der Waals surface area contributed by atoms with Gasteiger partial charge in [0.05, 0.1) is 0 Å². The lowest BCUT2D eigenvalue weighted by Gasteiger charge is -2.07. The molecular weight excluding hydrogens is 268 g/mol. The van der Waals surface area contributed by atoms with E-state index in [0.29, 0.717) is 11.3 Å². The molecule has 0 saturated heterocycles. The molecule has 0 aliphatic heterocycles. The fraction of sp³-hybridized carbons (Fsp3) is 0.375. The lowest BCUT2D eigenvalue weighted by molar-refractivity contribution is 0.0465. The number of aromatic nitrogens is 2. The number of ketones is 1. The Morgan fingerprint density at radius 2 is 2.00 bits per heavy atom. The zero-order chi connectivity index (χ0) is 15.6. The van der Waals surface area contributed by atoms with E-state index in [9.17, 15) is 9.59 Å². The van der Waals surface area contributed by atoms with Gasteiger partial charge < -0.3 is 13.9 Å². The van der Waals surface area contributed by atoms with Crippen molar-refractivity contribution in [2.24, 2.45) is 7.05 Å². The topological polar surface area (TPSA) is 53.2 Å². The number of rotatable bonds is 5. The van der Waals surface area contributed by atoms with Gasteiger partial charge in [0.15, 0.2) is 6.61 Å². The van der Waals surface area contributed by atoms with Gasteiger partial charge in [-0.25, -0.2) is 4.79 Å². The largest absolute Gasteiger partial charge is 0.453 e. The standard InChI is InChI=1S/C16H20N2O3/c1-5-18-11(2)9-13(12(18)3)15(19)10-21-16(20)14-7-6-8-17(14)4/h6-9H,5,10H2,1-4H3. The quantitative estimate of drug-likeness (QED) is 0.627. The van der Waals surface area contributed by atoms with Crippen molar-refractivity contribution in [1.29, 1.82) is 0 Å². The Morgan fingerprint density at radius 3 is 2.52 bits per heavy atom. The summed E-state index contributed by atoms with van der Waals surface area (Å²) in [5.74, 6) is -0.662. The fourth-order valence-corrected chi connectivity index (χ4v) is 2.53. The van der Waals surface area contributed by atoms with Crippen molar-refractivity contribution in [2.45, 2.75) is 27.3 Å². The van der Waals surface area contributed by atoms with Gasteiger partial charge in [-0.1, -0.05) is 0 Å². The number of nitrogens with zero attached hydrogens (tertiary/aromatic N) is 2. The average Bonchev–Trinajstić information content (AvgIpc) is 2.99. The summed E-state index contributed by atoms with van der Waals surface area (Å²) in [4.78, 5) is 24.1. The van der Waals surface area contributed by atoms with Crippen LogP contribution in [0.25, 0.3) is 0 Å². The minimum atomic E-state index is -0.486. The molecule has 0 aliphatic carbocycles. The number of ether oxygens (including phenoxy) is 1. The number of hydrogen-bond donors (Lipinski definition) is 0. The first-order chi connectivity index (χ1) is 9.95. The molecule has 0 spiro atoms. The van der Waals surface area contributed by atoms with Gasteiger partial charge in [0.2, 0.25) is 5.78 Å². The van der Waals surface area contributed by atoms with Gasteiger partial charge in [0, 0.05) is 36.7 Å². The van der Waals surface area contributed by atoms with E-state index < -0.39 is 5.97 Å². The van der Waals surface area contributed by atoms with Crippen molar-refractivity contribution in [3.05, 3.63) is 47.0 Å². The van der Waals surface area contributed by atoms with Crippen LogP contribution >= 0.6 is 0 Å². The zero-order valence-electron chi connectivity index (χ0n) is 12.8. The summed E-state index contributed by atoms with van der Waals surface area (Å²) in [5, 5.41) is 0. The van der Waals surface area contributed by atoms with Gasteiger partial charge in [0.1, 0.15) is 5.69 Å². The Morgan fingerprint density at radius 1 is 1.29 bits per heavy atom. The first-order valence-corrected chi connectivity index (χ1v) is 6.94. The Bertz CT molecular complexity index is 680. The van der Waals surface area contributed by atoms with E-state index in [0.717, 1.165) is 17.9 Å². The van der Waals surface area contributed by atoms with Crippen molar-refractivity contribution >= 4 is 11.8 Å². The van der Waals surface area contributed by atoms with Crippen molar-refractivity contribution in [3.8, 4) is 0 Å². The lowest BCUT2D eigenvalue weighted by atomic mass is 10.1. The molecule has 0 atom stereocenters. The van der Waals surface area contributed by atoms with Crippen molar-refractivity contribution in [2.75, 3.05) is 6.61 Å². The number of esters is 1. The van der Waals surface area contributed by atoms with Crippen LogP contribution in [0.4, 0.5) is 0 Å². The summed E-state index contributed by atoms with van der Waals surface area (Å²) in [6.45, 7) is 6.47. The van der Waals surface area contributed by atoms with Crippen molar-refractivity contribution in [3.63, 3.8) is 0 Å². The highest BCUT2D eigenvalue weighted by Crippen LogP contribution is 2.16. The second-order valence-electron chi connectivity index (χ2n) is 5.03. The summed E-state index contributed by atoms with van der Waals surface area (Å²) in [7, 11) is 1.76. The van der Waals surface area contributed by atoms with E-state index in [1.807, 2.05) is 26.8 Å². The highest BCUT2D eigenvalue weighted by molar-refractivity contribution is 6.00. The van der Waals surface area contributed by atoms with Crippen LogP contribution in [0.2, 0.25) is 0 Å². The normalized spacial score (nSPS) is 10.7. The van der Waals surface area contributed by atoms with Crippen molar-refractivity contribution in [1.82, 2.24) is 9.13 Å². The number of carbonyl (C=O) groups excluding carboxylic acids is 2. The maximum Gasteiger partial charge on any atom is 0.355 e. The fourth-order valence-electron chi connectivity index (χ4n) is 2.53. The third-order valence-electron chi connectivity index (χ3n) is 3.68. The maximum absolute atomic E-state index is 12.2. The summed E-state index contributed by atoms with van der Waals surface area (Å²) < 4.78 is 8.83. The number of hydrogen-bond acceptors (Lipinski definition) is 3. The predicted octanol–water partition coefficient (Wildman–Crippen LogP) is 2.50. The molecule has 0 aliphatic rings. The average molecular weight is 288 g/mol. The highest BCUT2D eigenvalue weighted by Gasteiger charge is 2.18. The molecule has 2 rings (SSSR count). The number of Topliss-reactive ketones (excluding diaryl/α,β-unsaturated/α-hetero) is 1. The first kappa shape index (κ1) is 15.1. The highest BCUT2D eigenvalue weighted by atomic mass is 16.5. The second-order valence-corrected chi connectivity index (χ2v) is 5.03. The van der Waals surface area contributed by atoms with Gasteiger partial charge in [0.25, 0.3) is 0 Å². The van der Waals surface area contributed by atoms with Gasteiger partial charge in [-0.05, 0) is 39.0 Å². The summed E-state index contributed by atoms with van der Waals surface area (Å²) in [6, 6.07) is 5.26. The maximum atomic E-state index is 12.2. The molecule has 0 bridgehead atoms. The minimum absolute atomic E-state index is 0.176. The molecule has 0 saturated carbocycles. The summed E-state index contributed by atoms with van der Waals surface area (Å²) in [6.07, 6.45) is 1.76. The monoisotopic (exact) mass is 288 g/mol. The van der Waals surface area contributed by atoms with E-state index in [1.165, 1.54) is 0 Å². The molecule has 0 aromatic carbocycles. The van der Waals surface area contributed by atoms with Crippen LogP contribution in [0, 0.1) is 13.8 Å². The third kappa shape index (κ3) is 2.91. The Kier molecular flexibility index (Phi) is 4.31. The zero-order valence-corrected chi connectivity index (χ0v) is 12.8. The van der Waals surface area contributed by atoms with Gasteiger partial charge in [-0.3, -0.25) is 4.79 Å². The molecule has 0 N–H and O–H groups in total. The van der Waals surface area contributed by atoms with Crippen LogP contribution in [0.15, 0.2) is 24.4 Å². The van der Waals surface area contributed by atoms with Crippen LogP contribution in [0.3, 0.4) is 0 Å². The molecule has 0 fully saturated rings. The van der Waals surface area contributed by atoms with Crippen LogP contribution in [-0.2, 0) is 18.3 Å². The molecule has 0 amide bonds.